The number of Topliss-reactive ketones (excluding diaryl/α,β-unsaturated/α-hetero) is 1. The fraction of sp³-hybridized carbons (Fsp3) is 0.200. The number of thioether (sulfide) groups is 1. The molecular formula is C25H19BrClN7O2S2. The summed E-state index contributed by atoms with van der Waals surface area (Å²) >= 11 is 11.9. The third-order valence-electron chi connectivity index (χ3n) is 6.04. The van der Waals surface area contributed by atoms with Crippen LogP contribution in [0.2, 0.25) is 5.02 Å². The summed E-state index contributed by atoms with van der Waals surface area (Å²) in [5.41, 5.74) is 8.99. The van der Waals surface area contributed by atoms with Crippen LogP contribution in [0.15, 0.2) is 74.1 Å². The van der Waals surface area contributed by atoms with Crippen LogP contribution in [0.4, 0.5) is 10.9 Å². The summed E-state index contributed by atoms with van der Waals surface area (Å²) in [7, 11) is 0. The van der Waals surface area contributed by atoms with Crippen molar-refractivity contribution in [1.29, 1.82) is 5.26 Å². The number of nitriles is 1. The number of rotatable bonds is 6. The lowest BCUT2D eigenvalue weighted by Crippen LogP contribution is -2.38. The lowest BCUT2D eigenvalue weighted by atomic mass is 9.76. The van der Waals surface area contributed by atoms with Gasteiger partial charge in [0.25, 0.3) is 0 Å². The molecule has 0 fully saturated rings. The number of ketones is 1. The zero-order chi connectivity index (χ0) is 26.8. The molecule has 192 valence electrons. The molecule has 0 saturated heterocycles. The second-order valence-electron chi connectivity index (χ2n) is 8.39. The summed E-state index contributed by atoms with van der Waals surface area (Å²) in [5.74, 6) is -0.130. The van der Waals surface area contributed by atoms with Crippen molar-refractivity contribution < 1.29 is 9.59 Å². The van der Waals surface area contributed by atoms with E-state index in [-0.39, 0.29) is 28.8 Å². The Hall–Kier alpha value is -3.24. The van der Waals surface area contributed by atoms with Gasteiger partial charge in [-0.15, -0.1) is 10.2 Å². The Morgan fingerprint density at radius 1 is 1.29 bits per heavy atom. The molecule has 0 saturated carbocycles. The number of hydrogen-bond acceptors (Lipinski definition) is 10. The maximum Gasteiger partial charge on any atom is 0.235 e. The third kappa shape index (κ3) is 5.19. The number of nitrogens with one attached hydrogen (secondary N) is 1. The number of halogens is 2. The van der Waals surface area contributed by atoms with Gasteiger partial charge in [0.1, 0.15) is 11.6 Å². The number of hydrogen-bond donors (Lipinski definition) is 2. The molecule has 3 N–H and O–H groups in total. The van der Waals surface area contributed by atoms with Gasteiger partial charge in [-0.2, -0.15) is 5.26 Å². The summed E-state index contributed by atoms with van der Waals surface area (Å²) in [4.78, 5) is 31.3. The quantitative estimate of drug-likeness (QED) is 0.344. The molecule has 3 aromatic rings. The minimum Gasteiger partial charge on any atom is -0.384 e. The average molecular weight is 629 g/mol. The van der Waals surface area contributed by atoms with E-state index in [0.29, 0.717) is 45.1 Å². The minimum atomic E-state index is -0.568. The molecule has 38 heavy (non-hydrogen) atoms. The molecule has 2 aliphatic rings. The monoisotopic (exact) mass is 627 g/mol. The Labute approximate surface area is 239 Å². The van der Waals surface area contributed by atoms with Gasteiger partial charge in [-0.1, -0.05) is 68.8 Å². The Morgan fingerprint density at radius 2 is 2.11 bits per heavy atom. The van der Waals surface area contributed by atoms with Gasteiger partial charge >= 0.3 is 0 Å². The lowest BCUT2D eigenvalue weighted by molar-refractivity contribution is -0.116. The van der Waals surface area contributed by atoms with Crippen molar-refractivity contribution in [1.82, 2.24) is 15.2 Å². The van der Waals surface area contributed by atoms with E-state index in [1.54, 1.807) is 17.0 Å². The van der Waals surface area contributed by atoms with Gasteiger partial charge in [-0.25, -0.2) is 4.98 Å². The molecule has 0 radical (unpaired) electrons. The second-order valence-corrected chi connectivity index (χ2v) is 11.9. The summed E-state index contributed by atoms with van der Waals surface area (Å²) in [6.07, 6.45) is 3.14. The van der Waals surface area contributed by atoms with Gasteiger partial charge in [0, 0.05) is 28.4 Å². The molecule has 1 aliphatic heterocycles. The number of carbonyl (C=O) groups excluding carboxylic acids is 2. The number of allylic oxidation sites excluding steroid dienone is 3. The lowest BCUT2D eigenvalue weighted by Gasteiger charge is -2.38. The molecule has 1 atom stereocenters. The number of anilines is 2. The van der Waals surface area contributed by atoms with E-state index in [4.69, 9.17) is 17.3 Å². The van der Waals surface area contributed by atoms with Crippen molar-refractivity contribution >= 4 is 73.3 Å². The second kappa shape index (κ2) is 11.2. The van der Waals surface area contributed by atoms with Crippen LogP contribution >= 0.6 is 50.6 Å². The third-order valence-corrected chi connectivity index (χ3v) is 9.03. The zero-order valence-electron chi connectivity index (χ0n) is 19.6. The molecule has 2 aromatic heterocycles. The largest absolute Gasteiger partial charge is 0.384 e. The Bertz CT molecular complexity index is 1530. The first kappa shape index (κ1) is 26.4. The van der Waals surface area contributed by atoms with Crippen molar-refractivity contribution in [3.05, 3.63) is 80.3 Å². The van der Waals surface area contributed by atoms with Crippen molar-refractivity contribution in [2.24, 2.45) is 5.73 Å². The van der Waals surface area contributed by atoms with Crippen LogP contribution in [-0.4, -0.2) is 32.6 Å². The standard InChI is InChI=1S/C25H19BrClN7O2S2/c26-16-5-2-1-4-14(16)21-15(10-28)23(29)34(17-6-3-7-18(35)22(17)21)24-32-33-25(38-24)37-12-20(36)31-19-9-8-13(27)11-30-19/h1-2,4-5,8-9,11,21H,3,6-7,12,29H2,(H,30,31,36). The maximum atomic E-state index is 13.3. The van der Waals surface area contributed by atoms with E-state index >= 15 is 0 Å². The van der Waals surface area contributed by atoms with Crippen LogP contribution in [-0.2, 0) is 9.59 Å². The normalized spacial score (nSPS) is 17.3. The number of pyridine rings is 1. The SMILES string of the molecule is N#CC1=C(N)N(c2nnc(SCC(=O)Nc3ccc(Cl)cn3)s2)C2=C(C(=O)CCC2)C1c1ccccc1Br. The van der Waals surface area contributed by atoms with E-state index in [9.17, 15) is 14.9 Å². The van der Waals surface area contributed by atoms with E-state index in [0.717, 1.165) is 15.7 Å². The van der Waals surface area contributed by atoms with Gasteiger partial charge in [-0.3, -0.25) is 14.5 Å². The molecule has 1 unspecified atom stereocenters. The highest BCUT2D eigenvalue weighted by Gasteiger charge is 2.41. The number of nitrogens with zero attached hydrogens (tertiary/aromatic N) is 5. The molecule has 1 aromatic carbocycles. The Balaban J connectivity index is 1.42. The van der Waals surface area contributed by atoms with E-state index in [1.165, 1.54) is 29.3 Å². The van der Waals surface area contributed by atoms with Crippen LogP contribution in [0, 0.1) is 11.3 Å². The highest BCUT2D eigenvalue weighted by molar-refractivity contribution is 9.10. The van der Waals surface area contributed by atoms with Crippen molar-refractivity contribution in [3.8, 4) is 6.07 Å². The number of aromatic nitrogens is 3. The van der Waals surface area contributed by atoms with E-state index in [1.807, 2.05) is 24.3 Å². The van der Waals surface area contributed by atoms with Crippen molar-refractivity contribution in [3.63, 3.8) is 0 Å². The zero-order valence-corrected chi connectivity index (χ0v) is 23.6. The number of carbonyl (C=O) groups is 2. The molecule has 13 heteroatoms. The minimum absolute atomic E-state index is 0.0103. The molecule has 3 heterocycles. The van der Waals surface area contributed by atoms with Gasteiger partial charge in [0.15, 0.2) is 10.1 Å². The Kier molecular flexibility index (Phi) is 7.80. The molecule has 5 rings (SSSR count). The topological polar surface area (TPSA) is 138 Å². The Morgan fingerprint density at radius 3 is 2.84 bits per heavy atom. The van der Waals surface area contributed by atoms with Gasteiger partial charge in [-0.05, 0) is 36.6 Å². The van der Waals surface area contributed by atoms with Crippen LogP contribution in [0.1, 0.15) is 30.7 Å². The highest BCUT2D eigenvalue weighted by Crippen LogP contribution is 2.48. The first-order valence-corrected chi connectivity index (χ1v) is 14.4. The predicted molar refractivity (Wildman–Crippen MR) is 151 cm³/mol. The smallest absolute Gasteiger partial charge is 0.235 e. The maximum absolute atomic E-state index is 13.3. The van der Waals surface area contributed by atoms with Crippen LogP contribution < -0.4 is 16.0 Å². The van der Waals surface area contributed by atoms with E-state index in [2.05, 4.69) is 42.5 Å². The number of nitrogens with two attached hydrogens (primary N) is 1. The molecule has 0 bridgehead atoms. The van der Waals surface area contributed by atoms with Crippen molar-refractivity contribution in [2.75, 3.05) is 16.0 Å². The fourth-order valence-corrected chi connectivity index (χ4v) is 6.74. The van der Waals surface area contributed by atoms with Crippen LogP contribution in [0.3, 0.4) is 0 Å². The summed E-state index contributed by atoms with van der Waals surface area (Å²) in [6.45, 7) is 0. The predicted octanol–water partition coefficient (Wildman–Crippen LogP) is 5.38. The molecular weight excluding hydrogens is 610 g/mol. The summed E-state index contributed by atoms with van der Waals surface area (Å²) in [5, 5.41) is 22.3. The number of benzene rings is 1. The molecule has 0 spiro atoms. The molecule has 1 amide bonds. The van der Waals surface area contributed by atoms with Crippen LogP contribution in [0.25, 0.3) is 0 Å². The summed E-state index contributed by atoms with van der Waals surface area (Å²) in [6, 6.07) is 13.0. The van der Waals surface area contributed by atoms with Gasteiger partial charge in [0.05, 0.1) is 28.3 Å². The first-order valence-electron chi connectivity index (χ1n) is 11.5. The van der Waals surface area contributed by atoms with Crippen LogP contribution in [0.5, 0.6) is 0 Å². The molecule has 9 nitrogen and oxygen atoms in total. The van der Waals surface area contributed by atoms with Crippen molar-refractivity contribution in [2.45, 2.75) is 29.5 Å². The first-order chi connectivity index (χ1) is 18.4. The highest BCUT2D eigenvalue weighted by atomic mass is 79.9. The molecule has 1 aliphatic carbocycles. The number of amides is 1. The van der Waals surface area contributed by atoms with Gasteiger partial charge in [0.2, 0.25) is 11.0 Å². The van der Waals surface area contributed by atoms with Gasteiger partial charge < -0.3 is 11.1 Å². The fourth-order valence-electron chi connectivity index (χ4n) is 4.43. The van der Waals surface area contributed by atoms with E-state index < -0.39 is 5.92 Å². The average Bonchev–Trinajstić information content (AvgIpc) is 3.37. The summed E-state index contributed by atoms with van der Waals surface area (Å²) < 4.78 is 1.34.